The number of imidazole rings is 2. The van der Waals surface area contributed by atoms with Crippen LogP contribution in [0.15, 0.2) is 24.8 Å². The van der Waals surface area contributed by atoms with E-state index in [0.29, 0.717) is 13.0 Å². The summed E-state index contributed by atoms with van der Waals surface area (Å²) in [6.07, 6.45) is 7.79. The number of aliphatic carboxylic acids is 1. The zero-order valence-corrected chi connectivity index (χ0v) is 9.58. The van der Waals surface area contributed by atoms with Gasteiger partial charge in [-0.2, -0.15) is 0 Å². The molecule has 0 fully saturated rings. The van der Waals surface area contributed by atoms with Crippen LogP contribution in [0.5, 0.6) is 0 Å². The second kappa shape index (κ2) is 4.82. The summed E-state index contributed by atoms with van der Waals surface area (Å²) in [4.78, 5) is 19.0. The lowest BCUT2D eigenvalue weighted by Gasteiger charge is -2.06. The molecular weight excluding hydrogens is 220 g/mol. The molecular formula is C11H14N4O2. The first-order chi connectivity index (χ1) is 8.16. The SMILES string of the molecule is Cn1ccnc1Cc1nccn1CCC(=O)O. The molecule has 1 N–H and O–H groups in total. The van der Waals surface area contributed by atoms with Crippen molar-refractivity contribution in [1.82, 2.24) is 19.1 Å². The van der Waals surface area contributed by atoms with Gasteiger partial charge in [0, 0.05) is 38.4 Å². The molecule has 90 valence electrons. The Morgan fingerprint density at radius 2 is 2.00 bits per heavy atom. The van der Waals surface area contributed by atoms with Gasteiger partial charge in [0.25, 0.3) is 0 Å². The topological polar surface area (TPSA) is 72.9 Å². The fourth-order valence-electron chi connectivity index (χ4n) is 1.64. The maximum absolute atomic E-state index is 10.5. The minimum Gasteiger partial charge on any atom is -0.481 e. The highest BCUT2D eigenvalue weighted by Gasteiger charge is 2.08. The van der Waals surface area contributed by atoms with Gasteiger partial charge in [-0.15, -0.1) is 0 Å². The highest BCUT2D eigenvalue weighted by atomic mass is 16.4. The first-order valence-electron chi connectivity index (χ1n) is 5.35. The van der Waals surface area contributed by atoms with E-state index in [2.05, 4.69) is 9.97 Å². The van der Waals surface area contributed by atoms with Gasteiger partial charge < -0.3 is 14.2 Å². The lowest BCUT2D eigenvalue weighted by atomic mass is 10.3. The summed E-state index contributed by atoms with van der Waals surface area (Å²) in [5.41, 5.74) is 0. The standard InChI is InChI=1S/C11H14N4O2/c1-14-6-3-12-9(14)8-10-13-4-7-15(10)5-2-11(16)17/h3-4,6-7H,2,5,8H2,1H3,(H,16,17). The molecule has 0 radical (unpaired) electrons. The van der Waals surface area contributed by atoms with E-state index in [4.69, 9.17) is 5.11 Å². The van der Waals surface area contributed by atoms with E-state index in [1.165, 1.54) is 0 Å². The van der Waals surface area contributed by atoms with Gasteiger partial charge in [-0.05, 0) is 0 Å². The van der Waals surface area contributed by atoms with Crippen LogP contribution in [0.3, 0.4) is 0 Å². The Hall–Kier alpha value is -2.11. The Labute approximate surface area is 98.5 Å². The lowest BCUT2D eigenvalue weighted by Crippen LogP contribution is -2.09. The quantitative estimate of drug-likeness (QED) is 0.825. The van der Waals surface area contributed by atoms with Crippen molar-refractivity contribution in [3.05, 3.63) is 36.4 Å². The van der Waals surface area contributed by atoms with Crippen LogP contribution in [-0.4, -0.2) is 30.2 Å². The van der Waals surface area contributed by atoms with Crippen LogP contribution in [0, 0.1) is 0 Å². The molecule has 0 saturated carbocycles. The number of hydrogen-bond acceptors (Lipinski definition) is 3. The number of nitrogens with zero attached hydrogens (tertiary/aromatic N) is 4. The molecule has 0 unspecified atom stereocenters. The number of hydrogen-bond donors (Lipinski definition) is 1. The van der Waals surface area contributed by atoms with E-state index in [1.807, 2.05) is 22.4 Å². The predicted octanol–water partition coefficient (Wildman–Crippen LogP) is 0.682. The molecule has 0 aromatic carbocycles. The Bertz CT molecular complexity index is 515. The maximum atomic E-state index is 10.5. The number of carbonyl (C=O) groups is 1. The van der Waals surface area contributed by atoms with Gasteiger partial charge >= 0.3 is 5.97 Å². The van der Waals surface area contributed by atoms with E-state index in [1.54, 1.807) is 18.6 Å². The normalized spacial score (nSPS) is 10.6. The first-order valence-corrected chi connectivity index (χ1v) is 5.35. The number of aryl methyl sites for hydroxylation is 2. The number of rotatable bonds is 5. The van der Waals surface area contributed by atoms with E-state index < -0.39 is 5.97 Å². The van der Waals surface area contributed by atoms with E-state index in [9.17, 15) is 4.79 Å². The minimum absolute atomic E-state index is 0.101. The summed E-state index contributed by atoms with van der Waals surface area (Å²) in [6, 6.07) is 0. The summed E-state index contributed by atoms with van der Waals surface area (Å²) in [7, 11) is 1.92. The Morgan fingerprint density at radius 3 is 2.65 bits per heavy atom. The molecule has 6 heteroatoms. The van der Waals surface area contributed by atoms with Gasteiger partial charge in [0.1, 0.15) is 11.6 Å². The highest BCUT2D eigenvalue weighted by molar-refractivity contribution is 5.66. The fraction of sp³-hybridized carbons (Fsp3) is 0.364. The van der Waals surface area contributed by atoms with Crippen molar-refractivity contribution in [3.8, 4) is 0 Å². The molecule has 0 atom stereocenters. The predicted molar refractivity (Wildman–Crippen MR) is 60.5 cm³/mol. The van der Waals surface area contributed by atoms with Crippen LogP contribution in [-0.2, 0) is 24.8 Å². The lowest BCUT2D eigenvalue weighted by molar-refractivity contribution is -0.137. The van der Waals surface area contributed by atoms with Crippen molar-refractivity contribution in [2.24, 2.45) is 7.05 Å². The average molecular weight is 234 g/mol. The van der Waals surface area contributed by atoms with Gasteiger partial charge in [0.05, 0.1) is 12.8 Å². The summed E-state index contributed by atoms with van der Waals surface area (Å²) < 4.78 is 3.78. The molecule has 0 aliphatic rings. The van der Waals surface area contributed by atoms with Gasteiger partial charge in [-0.1, -0.05) is 0 Å². The maximum Gasteiger partial charge on any atom is 0.305 e. The number of aromatic nitrogens is 4. The van der Waals surface area contributed by atoms with Crippen LogP contribution in [0.2, 0.25) is 0 Å². The molecule has 0 saturated heterocycles. The second-order valence-electron chi connectivity index (χ2n) is 3.81. The molecule has 0 aliphatic heterocycles. The van der Waals surface area contributed by atoms with Crippen LogP contribution in [0.25, 0.3) is 0 Å². The third-order valence-electron chi connectivity index (χ3n) is 2.61. The molecule has 0 spiro atoms. The minimum atomic E-state index is -0.804. The molecule has 6 nitrogen and oxygen atoms in total. The Morgan fingerprint density at radius 1 is 1.29 bits per heavy atom. The van der Waals surface area contributed by atoms with Gasteiger partial charge in [-0.3, -0.25) is 4.79 Å². The van der Waals surface area contributed by atoms with Crippen molar-refractivity contribution in [2.75, 3.05) is 0 Å². The third kappa shape index (κ3) is 2.72. The van der Waals surface area contributed by atoms with Crippen LogP contribution >= 0.6 is 0 Å². The summed E-state index contributed by atoms with van der Waals surface area (Å²) in [5, 5.41) is 8.65. The molecule has 0 bridgehead atoms. The van der Waals surface area contributed by atoms with Gasteiger partial charge in [0.2, 0.25) is 0 Å². The van der Waals surface area contributed by atoms with Gasteiger partial charge in [-0.25, -0.2) is 9.97 Å². The molecule has 17 heavy (non-hydrogen) atoms. The third-order valence-corrected chi connectivity index (χ3v) is 2.61. The zero-order valence-electron chi connectivity index (χ0n) is 9.58. The Balaban J connectivity index is 2.09. The largest absolute Gasteiger partial charge is 0.481 e. The van der Waals surface area contributed by atoms with Crippen molar-refractivity contribution in [3.63, 3.8) is 0 Å². The fourth-order valence-corrected chi connectivity index (χ4v) is 1.64. The molecule has 2 rings (SSSR count). The van der Waals surface area contributed by atoms with Crippen LogP contribution in [0.4, 0.5) is 0 Å². The van der Waals surface area contributed by atoms with Crippen molar-refractivity contribution in [1.29, 1.82) is 0 Å². The monoisotopic (exact) mass is 234 g/mol. The smallest absolute Gasteiger partial charge is 0.305 e. The van der Waals surface area contributed by atoms with Crippen molar-refractivity contribution < 1.29 is 9.90 Å². The van der Waals surface area contributed by atoms with Crippen molar-refractivity contribution >= 4 is 5.97 Å². The summed E-state index contributed by atoms with van der Waals surface area (Å²) >= 11 is 0. The summed E-state index contributed by atoms with van der Waals surface area (Å²) in [5.74, 6) is 0.940. The van der Waals surface area contributed by atoms with Crippen LogP contribution < -0.4 is 0 Å². The van der Waals surface area contributed by atoms with E-state index in [-0.39, 0.29) is 6.42 Å². The zero-order chi connectivity index (χ0) is 12.3. The van der Waals surface area contributed by atoms with Crippen molar-refractivity contribution in [2.45, 2.75) is 19.4 Å². The average Bonchev–Trinajstić information content (AvgIpc) is 2.87. The molecule has 0 amide bonds. The Kier molecular flexibility index (Phi) is 3.22. The van der Waals surface area contributed by atoms with Crippen LogP contribution in [0.1, 0.15) is 18.1 Å². The molecule has 2 heterocycles. The molecule has 0 aliphatic carbocycles. The second-order valence-corrected chi connectivity index (χ2v) is 3.81. The van der Waals surface area contributed by atoms with E-state index >= 15 is 0 Å². The van der Waals surface area contributed by atoms with E-state index in [0.717, 1.165) is 11.6 Å². The first kappa shape index (κ1) is 11.4. The number of carboxylic acids is 1. The van der Waals surface area contributed by atoms with Gasteiger partial charge in [0.15, 0.2) is 0 Å². The molecule has 2 aromatic heterocycles. The molecule has 2 aromatic rings. The highest BCUT2D eigenvalue weighted by Crippen LogP contribution is 2.06. The summed E-state index contributed by atoms with van der Waals surface area (Å²) in [6.45, 7) is 0.440. The number of carboxylic acid groups (broad SMARTS) is 1.